The molecule has 0 bridgehead atoms. The van der Waals surface area contributed by atoms with Crippen molar-refractivity contribution in [3.8, 4) is 6.07 Å². The fourth-order valence-corrected chi connectivity index (χ4v) is 4.27. The van der Waals surface area contributed by atoms with Crippen molar-refractivity contribution >= 4 is 28.3 Å². The Morgan fingerprint density at radius 1 is 1.33 bits per heavy atom. The van der Waals surface area contributed by atoms with Crippen LogP contribution in [0, 0.1) is 18.3 Å². The first-order valence-electron chi connectivity index (χ1n) is 8.83. The summed E-state index contributed by atoms with van der Waals surface area (Å²) in [5, 5.41) is 13.0. The molecular weight excluding hydrogens is 362 g/mol. The quantitative estimate of drug-likeness (QED) is 0.874. The molecule has 2 heterocycles. The zero-order valence-corrected chi connectivity index (χ0v) is 16.2. The third-order valence-electron chi connectivity index (χ3n) is 4.43. The number of carbonyl (C=O) groups is 2. The molecule has 27 heavy (non-hydrogen) atoms. The highest BCUT2D eigenvalue weighted by Gasteiger charge is 2.28. The van der Waals surface area contributed by atoms with E-state index in [9.17, 15) is 14.9 Å². The molecule has 7 heteroatoms. The molecule has 0 radical (unpaired) electrons. The van der Waals surface area contributed by atoms with Crippen LogP contribution in [0.15, 0.2) is 24.3 Å². The first-order valence-corrected chi connectivity index (χ1v) is 9.65. The first kappa shape index (κ1) is 18.9. The maximum absolute atomic E-state index is 12.4. The summed E-state index contributed by atoms with van der Waals surface area (Å²) in [4.78, 5) is 26.9. The molecule has 1 N–H and O–H groups in total. The van der Waals surface area contributed by atoms with Crippen LogP contribution in [0.3, 0.4) is 0 Å². The van der Waals surface area contributed by atoms with E-state index in [0.29, 0.717) is 36.7 Å². The fourth-order valence-electron chi connectivity index (χ4n) is 3.04. The Labute approximate surface area is 162 Å². The van der Waals surface area contributed by atoms with E-state index in [-0.39, 0.29) is 18.4 Å². The van der Waals surface area contributed by atoms with E-state index in [4.69, 9.17) is 4.74 Å². The predicted molar refractivity (Wildman–Crippen MR) is 104 cm³/mol. The van der Waals surface area contributed by atoms with Crippen LogP contribution >= 0.6 is 11.3 Å². The second kappa shape index (κ2) is 8.23. The summed E-state index contributed by atoms with van der Waals surface area (Å²) in [7, 11) is 0. The Morgan fingerprint density at radius 2 is 2.07 bits per heavy atom. The number of carbonyl (C=O) groups excluding carboxylic acids is 2. The van der Waals surface area contributed by atoms with Crippen LogP contribution in [0.1, 0.15) is 34.1 Å². The molecule has 0 atom stereocenters. The standard InChI is InChI=1S/C20H21N3O3S/c1-3-26-20(25)23-9-8-15-16(11-21)19(27-17(15)12-23)22-18(24)10-14-6-4-13(2)5-7-14/h4-7H,3,8-10,12H2,1-2H3,(H,22,24). The van der Waals surface area contributed by atoms with Crippen LogP contribution in [-0.2, 0) is 28.9 Å². The van der Waals surface area contributed by atoms with Crippen molar-refractivity contribution in [2.75, 3.05) is 18.5 Å². The van der Waals surface area contributed by atoms with Crippen LogP contribution in [0.5, 0.6) is 0 Å². The van der Waals surface area contributed by atoms with E-state index >= 15 is 0 Å². The third kappa shape index (κ3) is 4.29. The van der Waals surface area contributed by atoms with Gasteiger partial charge in [0.25, 0.3) is 0 Å². The normalized spacial score (nSPS) is 12.9. The zero-order valence-electron chi connectivity index (χ0n) is 15.4. The summed E-state index contributed by atoms with van der Waals surface area (Å²) in [6, 6.07) is 10.0. The van der Waals surface area contributed by atoms with Gasteiger partial charge < -0.3 is 15.0 Å². The smallest absolute Gasteiger partial charge is 0.410 e. The number of hydrogen-bond acceptors (Lipinski definition) is 5. The summed E-state index contributed by atoms with van der Waals surface area (Å²) in [6.45, 7) is 5.01. The lowest BCUT2D eigenvalue weighted by molar-refractivity contribution is -0.115. The Hall–Kier alpha value is -2.85. The molecule has 1 aliphatic heterocycles. The molecular formula is C20H21N3O3S. The number of nitrogens with zero attached hydrogens (tertiary/aromatic N) is 2. The maximum atomic E-state index is 12.4. The topological polar surface area (TPSA) is 82.4 Å². The molecule has 2 aromatic rings. The molecule has 1 aliphatic rings. The molecule has 0 aliphatic carbocycles. The summed E-state index contributed by atoms with van der Waals surface area (Å²) in [6.07, 6.45) is 0.490. The number of anilines is 1. The maximum Gasteiger partial charge on any atom is 0.410 e. The molecule has 140 valence electrons. The van der Waals surface area contributed by atoms with Crippen LogP contribution in [0.25, 0.3) is 0 Å². The SMILES string of the molecule is CCOC(=O)N1CCc2c(sc(NC(=O)Cc3ccc(C)cc3)c2C#N)C1. The summed E-state index contributed by atoms with van der Waals surface area (Å²) in [5.74, 6) is -0.156. The number of aryl methyl sites for hydroxylation is 1. The van der Waals surface area contributed by atoms with E-state index in [1.807, 2.05) is 31.2 Å². The van der Waals surface area contributed by atoms with Crippen molar-refractivity contribution in [1.29, 1.82) is 5.26 Å². The van der Waals surface area contributed by atoms with Gasteiger partial charge in [-0.2, -0.15) is 5.26 Å². The van der Waals surface area contributed by atoms with Crippen LogP contribution < -0.4 is 5.32 Å². The number of ether oxygens (including phenoxy) is 1. The Kier molecular flexibility index (Phi) is 5.77. The molecule has 0 unspecified atom stereocenters. The largest absolute Gasteiger partial charge is 0.450 e. The molecule has 2 amide bonds. The van der Waals surface area contributed by atoms with Crippen LogP contribution in [0.2, 0.25) is 0 Å². The second-order valence-electron chi connectivity index (χ2n) is 6.40. The minimum absolute atomic E-state index is 0.156. The minimum atomic E-state index is -0.347. The lowest BCUT2D eigenvalue weighted by atomic mass is 10.0. The van der Waals surface area contributed by atoms with Gasteiger partial charge in [0.2, 0.25) is 5.91 Å². The van der Waals surface area contributed by atoms with Crippen molar-refractivity contribution in [1.82, 2.24) is 4.90 Å². The highest BCUT2D eigenvalue weighted by molar-refractivity contribution is 7.16. The molecule has 0 saturated heterocycles. The van der Waals surface area contributed by atoms with Gasteiger partial charge in [0, 0.05) is 11.4 Å². The molecule has 1 aromatic carbocycles. The summed E-state index contributed by atoms with van der Waals surface area (Å²) in [5.41, 5.74) is 3.50. The summed E-state index contributed by atoms with van der Waals surface area (Å²) < 4.78 is 5.06. The number of amides is 2. The van der Waals surface area contributed by atoms with Crippen LogP contribution in [-0.4, -0.2) is 30.1 Å². The minimum Gasteiger partial charge on any atom is -0.450 e. The zero-order chi connectivity index (χ0) is 19.4. The number of nitrogens with one attached hydrogen (secondary N) is 1. The van der Waals surface area contributed by atoms with E-state index in [1.165, 1.54) is 11.3 Å². The number of thiophene rings is 1. The Balaban J connectivity index is 1.73. The Morgan fingerprint density at radius 3 is 2.74 bits per heavy atom. The molecule has 6 nitrogen and oxygen atoms in total. The van der Waals surface area contributed by atoms with Crippen molar-refractivity contribution in [3.05, 3.63) is 51.4 Å². The van der Waals surface area contributed by atoms with E-state index in [2.05, 4.69) is 11.4 Å². The third-order valence-corrected chi connectivity index (χ3v) is 5.57. The molecule has 3 rings (SSSR count). The molecule has 0 fully saturated rings. The van der Waals surface area contributed by atoms with Gasteiger partial charge in [-0.1, -0.05) is 29.8 Å². The van der Waals surface area contributed by atoms with Gasteiger partial charge in [0.1, 0.15) is 11.1 Å². The monoisotopic (exact) mass is 383 g/mol. The fraction of sp³-hybridized carbons (Fsp3) is 0.350. The lowest BCUT2D eigenvalue weighted by Gasteiger charge is -2.25. The Bertz CT molecular complexity index is 896. The lowest BCUT2D eigenvalue weighted by Crippen LogP contribution is -2.35. The number of nitriles is 1. The number of rotatable bonds is 4. The first-order chi connectivity index (χ1) is 13.0. The van der Waals surface area contributed by atoms with Crippen molar-refractivity contribution < 1.29 is 14.3 Å². The van der Waals surface area contributed by atoms with Gasteiger partial charge in [-0.05, 0) is 31.4 Å². The van der Waals surface area contributed by atoms with Crippen molar-refractivity contribution in [3.63, 3.8) is 0 Å². The number of benzene rings is 1. The van der Waals surface area contributed by atoms with E-state index in [0.717, 1.165) is 21.6 Å². The van der Waals surface area contributed by atoms with Gasteiger partial charge in [0.05, 0.1) is 25.1 Å². The average Bonchev–Trinajstić information content (AvgIpc) is 2.99. The number of fused-ring (bicyclic) bond motifs is 1. The van der Waals surface area contributed by atoms with Gasteiger partial charge in [-0.25, -0.2) is 4.79 Å². The average molecular weight is 383 g/mol. The van der Waals surface area contributed by atoms with E-state index in [1.54, 1.807) is 11.8 Å². The van der Waals surface area contributed by atoms with E-state index < -0.39 is 0 Å². The highest BCUT2D eigenvalue weighted by Crippen LogP contribution is 2.36. The molecule has 0 spiro atoms. The van der Waals surface area contributed by atoms with Gasteiger partial charge in [-0.3, -0.25) is 4.79 Å². The van der Waals surface area contributed by atoms with Gasteiger partial charge in [0.15, 0.2) is 0 Å². The number of hydrogen-bond donors (Lipinski definition) is 1. The van der Waals surface area contributed by atoms with Crippen molar-refractivity contribution in [2.45, 2.75) is 33.2 Å². The van der Waals surface area contributed by atoms with Crippen molar-refractivity contribution in [2.24, 2.45) is 0 Å². The van der Waals surface area contributed by atoms with Gasteiger partial charge in [-0.15, -0.1) is 11.3 Å². The predicted octanol–water partition coefficient (Wildman–Crippen LogP) is 3.62. The summed E-state index contributed by atoms with van der Waals surface area (Å²) >= 11 is 1.36. The van der Waals surface area contributed by atoms with Crippen LogP contribution in [0.4, 0.5) is 9.80 Å². The molecule has 1 aromatic heterocycles. The highest BCUT2D eigenvalue weighted by atomic mass is 32.1. The molecule has 0 saturated carbocycles. The second-order valence-corrected chi connectivity index (χ2v) is 7.51. The van der Waals surface area contributed by atoms with Gasteiger partial charge >= 0.3 is 6.09 Å².